The number of nitrogens with zero attached hydrogens (tertiary/aromatic N) is 3. The molecule has 1 fully saturated rings. The number of β-amino-alcohol motifs (C(OH)–C–C–N with tert-alkyl or cyclic N) is 1. The maximum absolute atomic E-state index is 9.96. The van der Waals surface area contributed by atoms with Crippen molar-refractivity contribution in [2.24, 2.45) is 7.05 Å². The summed E-state index contributed by atoms with van der Waals surface area (Å²) in [5.74, 6) is 0.949. The highest BCUT2D eigenvalue weighted by molar-refractivity contribution is 5.32. The molecule has 0 saturated carbocycles. The van der Waals surface area contributed by atoms with Gasteiger partial charge >= 0.3 is 0 Å². The maximum Gasteiger partial charge on any atom is 0.205 e. The molecule has 4 nitrogen and oxygen atoms in total. The molecule has 4 heteroatoms. The summed E-state index contributed by atoms with van der Waals surface area (Å²) in [6.07, 6.45) is 5.63. The van der Waals surface area contributed by atoms with Gasteiger partial charge in [0.05, 0.1) is 5.60 Å². The molecule has 1 aliphatic rings. The molecule has 0 radical (unpaired) electrons. The number of piperidine rings is 1. The summed E-state index contributed by atoms with van der Waals surface area (Å²) in [7, 11) is 1.98. The summed E-state index contributed by atoms with van der Waals surface area (Å²) < 4.78 is 1.99. The van der Waals surface area contributed by atoms with Gasteiger partial charge in [0.25, 0.3) is 0 Å². The van der Waals surface area contributed by atoms with E-state index in [2.05, 4.69) is 9.88 Å². The second kappa shape index (κ2) is 3.28. The number of aliphatic hydroxyl groups is 1. The largest absolute Gasteiger partial charge is 0.388 e. The monoisotopic (exact) mass is 195 g/mol. The van der Waals surface area contributed by atoms with Crippen LogP contribution in [0, 0.1) is 0 Å². The van der Waals surface area contributed by atoms with Crippen molar-refractivity contribution in [2.75, 3.05) is 18.0 Å². The van der Waals surface area contributed by atoms with E-state index in [1.165, 1.54) is 0 Å². The van der Waals surface area contributed by atoms with Crippen LogP contribution in [-0.2, 0) is 7.05 Å². The lowest BCUT2D eigenvalue weighted by atomic mass is 9.95. The number of anilines is 1. The van der Waals surface area contributed by atoms with E-state index in [9.17, 15) is 5.11 Å². The Bertz CT molecular complexity index is 319. The molecule has 14 heavy (non-hydrogen) atoms. The van der Waals surface area contributed by atoms with Crippen LogP contribution in [0.5, 0.6) is 0 Å². The Morgan fingerprint density at radius 3 is 2.93 bits per heavy atom. The second-order valence-corrected chi connectivity index (χ2v) is 4.36. The summed E-state index contributed by atoms with van der Waals surface area (Å²) in [5, 5.41) is 9.96. The first kappa shape index (κ1) is 9.52. The van der Waals surface area contributed by atoms with Crippen LogP contribution in [0.3, 0.4) is 0 Å². The maximum atomic E-state index is 9.96. The molecular formula is C10H17N3O. The summed E-state index contributed by atoms with van der Waals surface area (Å²) in [4.78, 5) is 6.43. The van der Waals surface area contributed by atoms with Crippen LogP contribution < -0.4 is 4.90 Å². The molecule has 1 saturated heterocycles. The Kier molecular flexibility index (Phi) is 2.23. The van der Waals surface area contributed by atoms with Crippen molar-refractivity contribution in [2.45, 2.75) is 25.4 Å². The van der Waals surface area contributed by atoms with Gasteiger partial charge in [0.2, 0.25) is 5.95 Å². The number of imidazole rings is 1. The van der Waals surface area contributed by atoms with Gasteiger partial charge in [-0.2, -0.15) is 0 Å². The van der Waals surface area contributed by atoms with E-state index in [4.69, 9.17) is 0 Å². The van der Waals surface area contributed by atoms with Crippen molar-refractivity contribution in [3.8, 4) is 0 Å². The van der Waals surface area contributed by atoms with Crippen LogP contribution in [0.15, 0.2) is 12.4 Å². The first-order chi connectivity index (χ1) is 6.58. The van der Waals surface area contributed by atoms with E-state index in [1.807, 2.05) is 24.7 Å². The Hall–Kier alpha value is -1.03. The molecule has 1 aromatic rings. The van der Waals surface area contributed by atoms with E-state index >= 15 is 0 Å². The van der Waals surface area contributed by atoms with Crippen molar-refractivity contribution in [1.82, 2.24) is 9.55 Å². The van der Waals surface area contributed by atoms with Crippen molar-refractivity contribution in [3.63, 3.8) is 0 Å². The molecule has 2 heterocycles. The smallest absolute Gasteiger partial charge is 0.205 e. The minimum atomic E-state index is -0.565. The van der Waals surface area contributed by atoms with Gasteiger partial charge < -0.3 is 14.6 Å². The average molecular weight is 195 g/mol. The highest BCUT2D eigenvalue weighted by atomic mass is 16.3. The fraction of sp³-hybridized carbons (Fsp3) is 0.700. The highest BCUT2D eigenvalue weighted by Crippen LogP contribution is 2.23. The Morgan fingerprint density at radius 2 is 2.36 bits per heavy atom. The van der Waals surface area contributed by atoms with E-state index in [0.29, 0.717) is 6.54 Å². The van der Waals surface area contributed by atoms with E-state index < -0.39 is 5.60 Å². The fourth-order valence-corrected chi connectivity index (χ4v) is 2.05. The van der Waals surface area contributed by atoms with E-state index in [-0.39, 0.29) is 0 Å². The van der Waals surface area contributed by atoms with E-state index in [1.54, 1.807) is 6.20 Å². The number of hydrogen-bond donors (Lipinski definition) is 1. The van der Waals surface area contributed by atoms with Gasteiger partial charge in [-0.25, -0.2) is 4.98 Å². The molecule has 1 aliphatic heterocycles. The van der Waals surface area contributed by atoms with Gasteiger partial charge in [-0.05, 0) is 19.8 Å². The van der Waals surface area contributed by atoms with Crippen molar-refractivity contribution >= 4 is 5.95 Å². The first-order valence-electron chi connectivity index (χ1n) is 5.03. The van der Waals surface area contributed by atoms with Crippen LogP contribution >= 0.6 is 0 Å². The first-order valence-corrected chi connectivity index (χ1v) is 5.03. The number of aryl methyl sites for hydroxylation is 1. The van der Waals surface area contributed by atoms with Crippen molar-refractivity contribution in [1.29, 1.82) is 0 Å². The molecule has 1 N–H and O–H groups in total. The van der Waals surface area contributed by atoms with Gasteiger partial charge in [0, 0.05) is 32.5 Å². The van der Waals surface area contributed by atoms with Gasteiger partial charge in [0.1, 0.15) is 0 Å². The number of rotatable bonds is 1. The molecule has 78 valence electrons. The van der Waals surface area contributed by atoms with Crippen molar-refractivity contribution < 1.29 is 5.11 Å². The fourth-order valence-electron chi connectivity index (χ4n) is 2.05. The van der Waals surface area contributed by atoms with Crippen LogP contribution in [0.4, 0.5) is 5.95 Å². The molecule has 0 spiro atoms. The van der Waals surface area contributed by atoms with Crippen LogP contribution in [0.2, 0.25) is 0 Å². The minimum Gasteiger partial charge on any atom is -0.388 e. The normalized spacial score (nSPS) is 28.1. The van der Waals surface area contributed by atoms with Gasteiger partial charge in [-0.15, -0.1) is 0 Å². The predicted octanol–water partition coefficient (Wildman–Crippen LogP) is 0.771. The third-order valence-corrected chi connectivity index (χ3v) is 2.75. The SMILES string of the molecule is Cn1ccnc1N1CCCC(C)(O)C1. The minimum absolute atomic E-state index is 0.565. The highest BCUT2D eigenvalue weighted by Gasteiger charge is 2.29. The average Bonchev–Trinajstić information content (AvgIpc) is 2.49. The molecular weight excluding hydrogens is 178 g/mol. The molecule has 0 aromatic carbocycles. The molecule has 1 atom stereocenters. The zero-order valence-electron chi connectivity index (χ0n) is 8.77. The van der Waals surface area contributed by atoms with Gasteiger partial charge in [0.15, 0.2) is 0 Å². The van der Waals surface area contributed by atoms with Crippen LogP contribution in [0.1, 0.15) is 19.8 Å². The number of hydrogen-bond acceptors (Lipinski definition) is 3. The molecule has 0 bridgehead atoms. The lowest BCUT2D eigenvalue weighted by Gasteiger charge is -2.37. The summed E-state index contributed by atoms with van der Waals surface area (Å²) >= 11 is 0. The Balaban J connectivity index is 2.16. The Morgan fingerprint density at radius 1 is 1.57 bits per heavy atom. The molecule has 1 aromatic heterocycles. The zero-order chi connectivity index (χ0) is 10.2. The van der Waals surface area contributed by atoms with Crippen LogP contribution in [0.25, 0.3) is 0 Å². The molecule has 0 aliphatic carbocycles. The molecule has 1 unspecified atom stereocenters. The quantitative estimate of drug-likeness (QED) is 0.719. The van der Waals surface area contributed by atoms with Crippen LogP contribution in [-0.4, -0.2) is 33.3 Å². The Labute approximate surface area is 84.2 Å². The molecule has 0 amide bonds. The lowest BCUT2D eigenvalue weighted by Crippen LogP contribution is -2.47. The van der Waals surface area contributed by atoms with E-state index in [0.717, 1.165) is 25.3 Å². The predicted molar refractivity (Wildman–Crippen MR) is 55.3 cm³/mol. The lowest BCUT2D eigenvalue weighted by molar-refractivity contribution is 0.0443. The second-order valence-electron chi connectivity index (χ2n) is 4.36. The summed E-state index contributed by atoms with van der Waals surface area (Å²) in [6, 6.07) is 0. The standard InChI is InChI=1S/C10H17N3O/c1-10(14)4-3-6-13(8-10)9-11-5-7-12(9)2/h5,7,14H,3-4,6,8H2,1-2H3. The van der Waals surface area contributed by atoms with Gasteiger partial charge in [-0.1, -0.05) is 0 Å². The third-order valence-electron chi connectivity index (χ3n) is 2.75. The van der Waals surface area contributed by atoms with Crippen molar-refractivity contribution in [3.05, 3.63) is 12.4 Å². The zero-order valence-corrected chi connectivity index (χ0v) is 8.77. The summed E-state index contributed by atoms with van der Waals surface area (Å²) in [6.45, 7) is 3.56. The molecule has 2 rings (SSSR count). The number of aromatic nitrogens is 2. The van der Waals surface area contributed by atoms with Gasteiger partial charge in [-0.3, -0.25) is 0 Å². The third kappa shape index (κ3) is 1.75. The summed E-state index contributed by atoms with van der Waals surface area (Å²) in [5.41, 5.74) is -0.565. The topological polar surface area (TPSA) is 41.3 Å².